The third-order valence-corrected chi connectivity index (χ3v) is 3.69. The Balaban J connectivity index is 2.83. The monoisotopic (exact) mass is 313 g/mol. The molecule has 0 bridgehead atoms. The molecule has 0 saturated heterocycles. The maximum atomic E-state index is 12.1. The highest BCUT2D eigenvalue weighted by Crippen LogP contribution is 2.30. The van der Waals surface area contributed by atoms with Crippen molar-refractivity contribution in [3.63, 3.8) is 0 Å². The molecule has 1 aromatic rings. The number of hydrogen-bond donors (Lipinski definition) is 0. The number of aromatic nitrogens is 1. The van der Waals surface area contributed by atoms with Crippen LogP contribution in [0.15, 0.2) is 6.07 Å². The second-order valence-corrected chi connectivity index (χ2v) is 6.03. The minimum absolute atomic E-state index is 0.0621. The lowest BCUT2D eigenvalue weighted by Crippen LogP contribution is -2.13. The number of nitrogens with zero attached hydrogens (tertiary/aromatic N) is 1. The molecule has 1 rings (SSSR count). The largest absolute Gasteiger partial charge is 0.441 e. The van der Waals surface area contributed by atoms with Crippen LogP contribution in [0.5, 0.6) is 0 Å². The molecule has 0 spiro atoms. The number of rotatable bonds is 5. The molecule has 1 unspecified atom stereocenters. The molecule has 0 N–H and O–H groups in total. The van der Waals surface area contributed by atoms with Crippen LogP contribution < -0.4 is 0 Å². The lowest BCUT2D eigenvalue weighted by atomic mass is 10.1. The Morgan fingerprint density at radius 3 is 2.53 bits per heavy atom. The third-order valence-electron chi connectivity index (χ3n) is 2.78. The average molecular weight is 314 g/mol. The normalized spacial score (nSPS) is 13.6. The van der Waals surface area contributed by atoms with E-state index in [0.29, 0.717) is 11.3 Å². The second kappa shape index (κ2) is 6.22. The van der Waals surface area contributed by atoms with Crippen molar-refractivity contribution in [3.05, 3.63) is 23.0 Å². The molecule has 1 aromatic heterocycles. The van der Waals surface area contributed by atoms with Gasteiger partial charge in [-0.1, -0.05) is 0 Å². The average Bonchev–Trinajstić information content (AvgIpc) is 2.53. The smallest absolute Gasteiger partial charge is 0.348 e. The van der Waals surface area contributed by atoms with Gasteiger partial charge >= 0.3 is 5.51 Å². The fourth-order valence-corrected chi connectivity index (χ4v) is 2.48. The van der Waals surface area contributed by atoms with Crippen LogP contribution in [0, 0.1) is 13.8 Å². The van der Waals surface area contributed by atoms with Crippen molar-refractivity contribution >= 4 is 29.1 Å². The van der Waals surface area contributed by atoms with E-state index >= 15 is 0 Å². The van der Waals surface area contributed by atoms with Crippen molar-refractivity contribution in [1.82, 2.24) is 4.57 Å². The van der Waals surface area contributed by atoms with Crippen LogP contribution >= 0.6 is 23.4 Å². The van der Waals surface area contributed by atoms with Crippen LogP contribution in [0.2, 0.25) is 0 Å². The third kappa shape index (κ3) is 4.45. The number of aryl methyl sites for hydroxylation is 1. The molecule has 108 valence electrons. The van der Waals surface area contributed by atoms with Crippen molar-refractivity contribution in [2.45, 2.75) is 38.2 Å². The molecule has 0 fully saturated rings. The van der Waals surface area contributed by atoms with Gasteiger partial charge in [0.15, 0.2) is 5.78 Å². The number of carbonyl (C=O) groups excluding carboxylic acids is 1. The van der Waals surface area contributed by atoms with Crippen LogP contribution in [0.1, 0.15) is 28.7 Å². The molecule has 2 nitrogen and oxygen atoms in total. The Hall–Kier alpha value is -0.620. The molecule has 1 heterocycles. The van der Waals surface area contributed by atoms with E-state index in [1.807, 2.05) is 0 Å². The number of carbonyl (C=O) groups is 1. The lowest BCUT2D eigenvalue weighted by Gasteiger charge is -2.11. The van der Waals surface area contributed by atoms with E-state index < -0.39 is 10.9 Å². The van der Waals surface area contributed by atoms with Crippen LogP contribution in [0.4, 0.5) is 13.2 Å². The standard InChI is InChI=1S/C12H15ClF3NOS/c1-7-6-10(11(18)8(2)13)9(3)17(7)4-5-19-12(14,15)16/h6,8H,4-5H2,1-3H3. The van der Waals surface area contributed by atoms with Gasteiger partial charge in [-0.15, -0.1) is 11.6 Å². The molecule has 0 aromatic carbocycles. The first-order valence-corrected chi connectivity index (χ1v) is 7.11. The summed E-state index contributed by atoms with van der Waals surface area (Å²) in [5.74, 6) is -0.284. The van der Waals surface area contributed by atoms with Crippen LogP contribution in [-0.2, 0) is 6.54 Å². The maximum absolute atomic E-state index is 12.1. The van der Waals surface area contributed by atoms with Gasteiger partial charge < -0.3 is 4.57 Å². The molecule has 0 aliphatic heterocycles. The molecule has 7 heteroatoms. The molecule has 0 aliphatic rings. The number of Topliss-reactive ketones (excluding diaryl/α,β-unsaturated/α-hetero) is 1. The first-order chi connectivity index (χ1) is 8.63. The van der Waals surface area contributed by atoms with Crippen molar-refractivity contribution in [2.24, 2.45) is 0 Å². The summed E-state index contributed by atoms with van der Waals surface area (Å²) in [6, 6.07) is 1.68. The van der Waals surface area contributed by atoms with Gasteiger partial charge in [0, 0.05) is 29.2 Å². The van der Waals surface area contributed by atoms with Gasteiger partial charge in [0.2, 0.25) is 0 Å². The Kier molecular flexibility index (Phi) is 5.38. The molecule has 0 saturated carbocycles. The minimum atomic E-state index is -4.22. The summed E-state index contributed by atoms with van der Waals surface area (Å²) in [6.07, 6.45) is 0. The summed E-state index contributed by atoms with van der Waals surface area (Å²) in [5.41, 5.74) is -2.31. The summed E-state index contributed by atoms with van der Waals surface area (Å²) in [4.78, 5) is 11.8. The van der Waals surface area contributed by atoms with E-state index in [0.717, 1.165) is 5.69 Å². The lowest BCUT2D eigenvalue weighted by molar-refractivity contribution is -0.0328. The highest BCUT2D eigenvalue weighted by Gasteiger charge is 2.28. The summed E-state index contributed by atoms with van der Waals surface area (Å²) < 4.78 is 38.0. The van der Waals surface area contributed by atoms with Crippen molar-refractivity contribution in [2.75, 3.05) is 5.75 Å². The fraction of sp³-hybridized carbons (Fsp3) is 0.583. The molecular weight excluding hydrogens is 299 g/mol. The quantitative estimate of drug-likeness (QED) is 0.601. The summed E-state index contributed by atoms with van der Waals surface area (Å²) in [6.45, 7) is 5.28. The van der Waals surface area contributed by atoms with Crippen molar-refractivity contribution < 1.29 is 18.0 Å². The maximum Gasteiger partial charge on any atom is 0.441 e. The SMILES string of the molecule is Cc1cc(C(=O)C(C)Cl)c(C)n1CCSC(F)(F)F. The van der Waals surface area contributed by atoms with E-state index in [-0.39, 0.29) is 29.8 Å². The Morgan fingerprint density at radius 2 is 2.05 bits per heavy atom. The Labute approximate surface area is 119 Å². The van der Waals surface area contributed by atoms with Crippen molar-refractivity contribution in [3.8, 4) is 0 Å². The Morgan fingerprint density at radius 1 is 1.47 bits per heavy atom. The molecule has 0 radical (unpaired) electrons. The van der Waals surface area contributed by atoms with Gasteiger partial charge in [0.1, 0.15) is 0 Å². The van der Waals surface area contributed by atoms with E-state index in [2.05, 4.69) is 0 Å². The zero-order chi connectivity index (χ0) is 14.8. The number of hydrogen-bond acceptors (Lipinski definition) is 2. The zero-order valence-corrected chi connectivity index (χ0v) is 12.4. The minimum Gasteiger partial charge on any atom is -0.348 e. The fourth-order valence-electron chi connectivity index (χ4n) is 1.86. The molecular formula is C12H15ClF3NOS. The zero-order valence-electron chi connectivity index (χ0n) is 10.8. The first kappa shape index (κ1) is 16.4. The van der Waals surface area contributed by atoms with E-state index in [9.17, 15) is 18.0 Å². The summed E-state index contributed by atoms with van der Waals surface area (Å²) in [5, 5.41) is -0.640. The van der Waals surface area contributed by atoms with Gasteiger partial charge in [0.05, 0.1) is 5.38 Å². The van der Waals surface area contributed by atoms with E-state index in [1.165, 1.54) is 0 Å². The van der Waals surface area contributed by atoms with Crippen LogP contribution in [0.3, 0.4) is 0 Å². The predicted molar refractivity (Wildman–Crippen MR) is 72.1 cm³/mol. The van der Waals surface area contributed by atoms with Gasteiger partial charge in [-0.3, -0.25) is 4.79 Å². The Bertz CT molecular complexity index is 468. The molecule has 1 atom stereocenters. The van der Waals surface area contributed by atoms with Crippen LogP contribution in [-0.4, -0.2) is 27.0 Å². The number of halogens is 4. The molecule has 0 amide bonds. The van der Waals surface area contributed by atoms with E-state index in [1.54, 1.807) is 31.4 Å². The number of alkyl halides is 4. The van der Waals surface area contributed by atoms with Gasteiger partial charge in [-0.2, -0.15) is 13.2 Å². The van der Waals surface area contributed by atoms with E-state index in [4.69, 9.17) is 11.6 Å². The summed E-state index contributed by atoms with van der Waals surface area (Å²) in [7, 11) is 0. The molecule has 19 heavy (non-hydrogen) atoms. The highest BCUT2D eigenvalue weighted by molar-refractivity contribution is 8.00. The van der Waals surface area contributed by atoms with Gasteiger partial charge in [-0.05, 0) is 38.6 Å². The van der Waals surface area contributed by atoms with Gasteiger partial charge in [-0.25, -0.2) is 0 Å². The number of ketones is 1. The van der Waals surface area contributed by atoms with Gasteiger partial charge in [0.25, 0.3) is 0 Å². The second-order valence-electron chi connectivity index (χ2n) is 4.21. The first-order valence-electron chi connectivity index (χ1n) is 5.69. The summed E-state index contributed by atoms with van der Waals surface area (Å²) >= 11 is 5.69. The number of thioether (sulfide) groups is 1. The topological polar surface area (TPSA) is 22.0 Å². The predicted octanol–water partition coefficient (Wildman–Crippen LogP) is 4.17. The molecule has 0 aliphatic carbocycles. The van der Waals surface area contributed by atoms with Crippen molar-refractivity contribution in [1.29, 1.82) is 0 Å². The highest BCUT2D eigenvalue weighted by atomic mass is 35.5. The van der Waals surface area contributed by atoms with Crippen LogP contribution in [0.25, 0.3) is 0 Å².